The summed E-state index contributed by atoms with van der Waals surface area (Å²) >= 11 is 1.75. The second kappa shape index (κ2) is 6.80. The fourth-order valence-corrected chi connectivity index (χ4v) is 3.70. The van der Waals surface area contributed by atoms with E-state index in [-0.39, 0.29) is 18.0 Å². The second-order valence-corrected chi connectivity index (χ2v) is 7.48. The summed E-state index contributed by atoms with van der Waals surface area (Å²) < 4.78 is 1.77. The second-order valence-electron chi connectivity index (χ2n) is 6.33. The van der Waals surface area contributed by atoms with Gasteiger partial charge in [0.25, 0.3) is 0 Å². The Labute approximate surface area is 140 Å². The number of thiazole rings is 1. The van der Waals surface area contributed by atoms with Gasteiger partial charge in [-0.15, -0.1) is 11.3 Å². The molecule has 3 rings (SSSR count). The van der Waals surface area contributed by atoms with Gasteiger partial charge in [-0.2, -0.15) is 5.10 Å². The number of hydrogen-bond donors (Lipinski definition) is 2. The van der Waals surface area contributed by atoms with Crippen molar-refractivity contribution in [3.63, 3.8) is 0 Å². The monoisotopic (exact) mass is 333 g/mol. The summed E-state index contributed by atoms with van der Waals surface area (Å²) in [7, 11) is 1.89. The van der Waals surface area contributed by atoms with Crippen molar-refractivity contribution in [3.05, 3.63) is 34.0 Å². The lowest BCUT2D eigenvalue weighted by molar-refractivity contribution is -0.123. The molecule has 0 aliphatic carbocycles. The molecule has 124 valence electrons. The quantitative estimate of drug-likeness (QED) is 0.879. The number of carbonyl (C=O) groups excluding carboxylic acids is 1. The van der Waals surface area contributed by atoms with Crippen LogP contribution in [-0.4, -0.2) is 26.7 Å². The Bertz CT molecular complexity index is 678. The molecule has 0 saturated carbocycles. The molecule has 6 nitrogen and oxygen atoms in total. The number of aromatic nitrogens is 3. The zero-order valence-electron chi connectivity index (χ0n) is 13.7. The molecule has 0 bridgehead atoms. The lowest BCUT2D eigenvalue weighted by Crippen LogP contribution is -2.48. The molecule has 2 atom stereocenters. The number of hydrogen-bond acceptors (Lipinski definition) is 5. The lowest BCUT2D eigenvalue weighted by Gasteiger charge is -2.32. The minimum atomic E-state index is -0.0329. The molecular formula is C16H23N5OS. The van der Waals surface area contributed by atoms with Gasteiger partial charge in [0, 0.05) is 48.9 Å². The zero-order valence-corrected chi connectivity index (χ0v) is 14.6. The third-order valence-electron chi connectivity index (χ3n) is 4.14. The summed E-state index contributed by atoms with van der Waals surface area (Å²) in [6, 6.07) is 0.165. The van der Waals surface area contributed by atoms with Gasteiger partial charge < -0.3 is 10.6 Å². The Morgan fingerprint density at radius 1 is 1.48 bits per heavy atom. The van der Waals surface area contributed by atoms with E-state index < -0.39 is 0 Å². The minimum absolute atomic E-state index is 0.0329. The standard InChI is InChI=1S/C16H23N5OS/c1-10(2)13-7-18-15(23-13)8-17-12-4-5-14(22)20-16(12)11-6-19-21(3)9-11/h6-7,9-10,12,16-17H,4-5,8H2,1-3H3,(H,20,22)/t12-,16+/m1/s1. The van der Waals surface area contributed by atoms with E-state index in [2.05, 4.69) is 34.6 Å². The van der Waals surface area contributed by atoms with Crippen LogP contribution in [0.15, 0.2) is 18.6 Å². The number of amides is 1. The van der Waals surface area contributed by atoms with Crippen LogP contribution < -0.4 is 10.6 Å². The SMILES string of the molecule is CC(C)c1cnc(CN[C@@H]2CCC(=O)N[C@H]2c2cnn(C)c2)s1. The summed E-state index contributed by atoms with van der Waals surface area (Å²) in [6.07, 6.45) is 7.14. The normalized spacial score (nSPS) is 21.7. The summed E-state index contributed by atoms with van der Waals surface area (Å²) in [6.45, 7) is 5.09. The molecule has 2 aromatic rings. The van der Waals surface area contributed by atoms with E-state index in [1.54, 1.807) is 16.0 Å². The maximum atomic E-state index is 11.8. The number of nitrogens with zero attached hydrogens (tertiary/aromatic N) is 3. The number of rotatable bonds is 5. The van der Waals surface area contributed by atoms with E-state index in [9.17, 15) is 4.79 Å². The molecule has 1 fully saturated rings. The molecule has 0 aromatic carbocycles. The van der Waals surface area contributed by atoms with Gasteiger partial charge in [0.05, 0.1) is 12.2 Å². The molecule has 0 spiro atoms. The van der Waals surface area contributed by atoms with E-state index in [0.717, 1.165) is 23.5 Å². The molecule has 1 amide bonds. The molecular weight excluding hydrogens is 310 g/mol. The van der Waals surface area contributed by atoms with Crippen LogP contribution in [0.2, 0.25) is 0 Å². The first-order valence-corrected chi connectivity index (χ1v) is 8.80. The molecule has 1 saturated heterocycles. The van der Waals surface area contributed by atoms with E-state index in [4.69, 9.17) is 0 Å². The Morgan fingerprint density at radius 2 is 2.30 bits per heavy atom. The first-order chi connectivity index (χ1) is 11.0. The van der Waals surface area contributed by atoms with Crippen molar-refractivity contribution in [3.8, 4) is 0 Å². The average Bonchev–Trinajstić information content (AvgIpc) is 3.15. The van der Waals surface area contributed by atoms with E-state index >= 15 is 0 Å². The van der Waals surface area contributed by atoms with Gasteiger partial charge in [0.15, 0.2) is 0 Å². The fourth-order valence-electron chi connectivity index (χ4n) is 2.83. The smallest absolute Gasteiger partial charge is 0.220 e. The van der Waals surface area contributed by atoms with Crippen molar-refractivity contribution in [2.24, 2.45) is 7.05 Å². The Kier molecular flexibility index (Phi) is 4.77. The van der Waals surface area contributed by atoms with Gasteiger partial charge >= 0.3 is 0 Å². The maximum absolute atomic E-state index is 11.8. The third kappa shape index (κ3) is 3.79. The largest absolute Gasteiger partial charge is 0.348 e. The maximum Gasteiger partial charge on any atom is 0.220 e. The molecule has 0 unspecified atom stereocenters. The van der Waals surface area contributed by atoms with Gasteiger partial charge in [-0.3, -0.25) is 9.48 Å². The Hall–Kier alpha value is -1.73. The van der Waals surface area contributed by atoms with Crippen LogP contribution in [0.3, 0.4) is 0 Å². The number of nitrogens with one attached hydrogen (secondary N) is 2. The first-order valence-electron chi connectivity index (χ1n) is 7.99. The van der Waals surface area contributed by atoms with Crippen LogP contribution in [0.5, 0.6) is 0 Å². The molecule has 7 heteroatoms. The highest BCUT2D eigenvalue weighted by Crippen LogP contribution is 2.25. The highest BCUT2D eigenvalue weighted by Gasteiger charge is 2.30. The van der Waals surface area contributed by atoms with Crippen molar-refractivity contribution >= 4 is 17.2 Å². The van der Waals surface area contributed by atoms with Crippen LogP contribution in [0, 0.1) is 0 Å². The summed E-state index contributed by atoms with van der Waals surface area (Å²) in [5.74, 6) is 0.617. The molecule has 2 aromatic heterocycles. The van der Waals surface area contributed by atoms with Crippen molar-refractivity contribution in [1.29, 1.82) is 0 Å². The summed E-state index contributed by atoms with van der Waals surface area (Å²) in [4.78, 5) is 17.6. The fraction of sp³-hybridized carbons (Fsp3) is 0.562. The Morgan fingerprint density at radius 3 is 2.96 bits per heavy atom. The molecule has 0 radical (unpaired) electrons. The number of aryl methyl sites for hydroxylation is 1. The lowest BCUT2D eigenvalue weighted by atomic mass is 9.94. The predicted molar refractivity (Wildman–Crippen MR) is 90.2 cm³/mol. The molecule has 3 heterocycles. The van der Waals surface area contributed by atoms with E-state index in [0.29, 0.717) is 12.3 Å². The van der Waals surface area contributed by atoms with Gasteiger partial charge in [-0.05, 0) is 12.3 Å². The van der Waals surface area contributed by atoms with Crippen molar-refractivity contribution < 1.29 is 4.79 Å². The van der Waals surface area contributed by atoms with Gasteiger partial charge in [-0.25, -0.2) is 4.98 Å². The van der Waals surface area contributed by atoms with Crippen LogP contribution in [-0.2, 0) is 18.4 Å². The highest BCUT2D eigenvalue weighted by atomic mass is 32.1. The van der Waals surface area contributed by atoms with E-state index in [1.165, 1.54) is 4.88 Å². The minimum Gasteiger partial charge on any atom is -0.348 e. The molecule has 2 N–H and O–H groups in total. The summed E-state index contributed by atoms with van der Waals surface area (Å²) in [5.41, 5.74) is 1.04. The van der Waals surface area contributed by atoms with Crippen molar-refractivity contribution in [1.82, 2.24) is 25.4 Å². The average molecular weight is 333 g/mol. The topological polar surface area (TPSA) is 71.8 Å². The predicted octanol–water partition coefficient (Wildman–Crippen LogP) is 2.11. The number of carbonyl (C=O) groups is 1. The van der Waals surface area contributed by atoms with Crippen LogP contribution in [0.4, 0.5) is 0 Å². The van der Waals surface area contributed by atoms with Gasteiger partial charge in [0.1, 0.15) is 5.01 Å². The van der Waals surface area contributed by atoms with Gasteiger partial charge in [-0.1, -0.05) is 13.8 Å². The van der Waals surface area contributed by atoms with Crippen molar-refractivity contribution in [2.45, 2.75) is 51.2 Å². The molecule has 1 aliphatic rings. The highest BCUT2D eigenvalue weighted by molar-refractivity contribution is 7.11. The Balaban J connectivity index is 1.67. The first kappa shape index (κ1) is 16.1. The van der Waals surface area contributed by atoms with Crippen LogP contribution >= 0.6 is 11.3 Å². The zero-order chi connectivity index (χ0) is 16.4. The molecule has 1 aliphatic heterocycles. The van der Waals surface area contributed by atoms with Crippen molar-refractivity contribution in [2.75, 3.05) is 0 Å². The van der Waals surface area contributed by atoms with Crippen LogP contribution in [0.25, 0.3) is 0 Å². The summed E-state index contributed by atoms with van der Waals surface area (Å²) in [5, 5.41) is 12.0. The van der Waals surface area contributed by atoms with Crippen LogP contribution in [0.1, 0.15) is 54.1 Å². The van der Waals surface area contributed by atoms with Gasteiger partial charge in [0.2, 0.25) is 5.91 Å². The number of piperidine rings is 1. The van der Waals surface area contributed by atoms with E-state index in [1.807, 2.05) is 25.6 Å². The molecule has 23 heavy (non-hydrogen) atoms. The third-order valence-corrected chi connectivity index (χ3v) is 5.44.